The van der Waals surface area contributed by atoms with E-state index in [1.54, 1.807) is 12.1 Å². The van der Waals surface area contributed by atoms with Crippen LogP contribution in [0.1, 0.15) is 43.0 Å². The van der Waals surface area contributed by atoms with Crippen LogP contribution in [-0.2, 0) is 13.0 Å². The highest BCUT2D eigenvalue weighted by molar-refractivity contribution is 6.10. The third-order valence-corrected chi connectivity index (χ3v) is 6.77. The van der Waals surface area contributed by atoms with Crippen LogP contribution in [0.15, 0.2) is 85.1 Å². The van der Waals surface area contributed by atoms with Gasteiger partial charge in [-0.15, -0.1) is 0 Å². The Balaban J connectivity index is 1.54. The van der Waals surface area contributed by atoms with E-state index in [1.165, 1.54) is 23.1 Å². The van der Waals surface area contributed by atoms with Crippen LogP contribution in [0.3, 0.4) is 0 Å². The minimum Gasteiger partial charge on any atom is -0.494 e. The van der Waals surface area contributed by atoms with Gasteiger partial charge in [-0.2, -0.15) is 0 Å². The van der Waals surface area contributed by atoms with Crippen LogP contribution in [0.25, 0.3) is 34.0 Å². The van der Waals surface area contributed by atoms with Crippen LogP contribution in [-0.4, -0.2) is 21.1 Å². The fourth-order valence-electron chi connectivity index (χ4n) is 4.80. The molecular weight excluding hydrogens is 474 g/mol. The monoisotopic (exact) mass is 505 g/mol. The van der Waals surface area contributed by atoms with E-state index in [0.29, 0.717) is 6.61 Å². The number of aryl methyl sites for hydroxylation is 2. The molecule has 38 heavy (non-hydrogen) atoms. The second-order valence-electron chi connectivity index (χ2n) is 9.40. The van der Waals surface area contributed by atoms with Crippen molar-refractivity contribution in [3.63, 3.8) is 0 Å². The zero-order valence-corrected chi connectivity index (χ0v) is 21.5. The first-order chi connectivity index (χ1) is 18.6. The predicted octanol–water partition coefficient (Wildman–Crippen LogP) is 8.08. The van der Waals surface area contributed by atoms with Crippen molar-refractivity contribution in [1.82, 2.24) is 9.55 Å². The lowest BCUT2D eigenvalue weighted by molar-refractivity contribution is -0.384. The molecule has 0 amide bonds. The lowest BCUT2D eigenvalue weighted by Gasteiger charge is -2.11. The Bertz CT molecular complexity index is 1570. The normalized spacial score (nSPS) is 11.5. The van der Waals surface area contributed by atoms with Gasteiger partial charge in [-0.25, -0.2) is 0 Å². The molecule has 0 fully saturated rings. The second kappa shape index (κ2) is 11.7. The summed E-state index contributed by atoms with van der Waals surface area (Å²) in [6, 6.07) is 25.5. The molecule has 2 aromatic heterocycles. The van der Waals surface area contributed by atoms with Gasteiger partial charge in [0.1, 0.15) is 5.75 Å². The standard InChI is InChI=1S/C32H31N3O3/c1-2-3-22-38-27-16-17-28-29-19-20-33-30(18-13-25-11-14-26(15-12-25)35(36)37)32(29)34(31(28)23-27)21-7-10-24-8-5-4-6-9-24/h4-6,8-9,11-20,23H,2-3,7,10,21-22H2,1H3/b18-13+. The zero-order chi connectivity index (χ0) is 26.3. The van der Waals surface area contributed by atoms with Crippen molar-refractivity contribution in [1.29, 1.82) is 0 Å². The van der Waals surface area contributed by atoms with Crippen LogP contribution in [0.5, 0.6) is 5.75 Å². The van der Waals surface area contributed by atoms with Crippen molar-refractivity contribution in [2.75, 3.05) is 6.61 Å². The number of nitro groups is 1. The van der Waals surface area contributed by atoms with Crippen molar-refractivity contribution < 1.29 is 9.66 Å². The molecule has 3 aromatic carbocycles. The summed E-state index contributed by atoms with van der Waals surface area (Å²) in [7, 11) is 0. The van der Waals surface area contributed by atoms with Gasteiger partial charge >= 0.3 is 0 Å². The molecule has 2 heterocycles. The molecule has 0 saturated carbocycles. The molecule has 0 radical (unpaired) electrons. The van der Waals surface area contributed by atoms with E-state index in [0.717, 1.165) is 65.7 Å². The molecule has 0 spiro atoms. The highest BCUT2D eigenvalue weighted by Gasteiger charge is 2.15. The Morgan fingerprint density at radius 3 is 2.53 bits per heavy atom. The van der Waals surface area contributed by atoms with Gasteiger partial charge in [0.15, 0.2) is 0 Å². The van der Waals surface area contributed by atoms with Crippen molar-refractivity contribution in [3.05, 3.63) is 112 Å². The number of hydrogen-bond acceptors (Lipinski definition) is 4. The molecule has 192 valence electrons. The summed E-state index contributed by atoms with van der Waals surface area (Å²) >= 11 is 0. The summed E-state index contributed by atoms with van der Waals surface area (Å²) < 4.78 is 8.41. The van der Waals surface area contributed by atoms with Gasteiger partial charge in [0.2, 0.25) is 0 Å². The summed E-state index contributed by atoms with van der Waals surface area (Å²) in [5.41, 5.74) is 5.38. The maximum absolute atomic E-state index is 11.0. The summed E-state index contributed by atoms with van der Waals surface area (Å²) in [4.78, 5) is 15.3. The van der Waals surface area contributed by atoms with Gasteiger partial charge in [0, 0.05) is 41.7 Å². The first-order valence-electron chi connectivity index (χ1n) is 13.1. The first kappa shape index (κ1) is 25.2. The minimum absolute atomic E-state index is 0.0814. The number of nitro benzene ring substituents is 1. The Labute approximate surface area is 222 Å². The van der Waals surface area contributed by atoms with E-state index in [9.17, 15) is 10.1 Å². The topological polar surface area (TPSA) is 70.2 Å². The third-order valence-electron chi connectivity index (χ3n) is 6.77. The Morgan fingerprint density at radius 1 is 0.947 bits per heavy atom. The van der Waals surface area contributed by atoms with Gasteiger partial charge in [0.05, 0.1) is 28.3 Å². The molecule has 0 aliphatic heterocycles. The van der Waals surface area contributed by atoms with Gasteiger partial charge in [0.25, 0.3) is 5.69 Å². The Hall–Kier alpha value is -4.45. The molecule has 0 aliphatic carbocycles. The Kier molecular flexibility index (Phi) is 7.78. The second-order valence-corrected chi connectivity index (χ2v) is 9.40. The van der Waals surface area contributed by atoms with E-state index < -0.39 is 0 Å². The summed E-state index contributed by atoms with van der Waals surface area (Å²) in [6.45, 7) is 3.72. The quantitative estimate of drug-likeness (QED) is 0.103. The molecule has 5 aromatic rings. The van der Waals surface area contributed by atoms with Crippen molar-refractivity contribution in [2.45, 2.75) is 39.2 Å². The number of fused-ring (bicyclic) bond motifs is 3. The van der Waals surface area contributed by atoms with Crippen LogP contribution in [0.2, 0.25) is 0 Å². The molecule has 6 nitrogen and oxygen atoms in total. The van der Waals surface area contributed by atoms with Gasteiger partial charge in [-0.05, 0) is 66.8 Å². The van der Waals surface area contributed by atoms with Crippen molar-refractivity contribution in [3.8, 4) is 5.75 Å². The molecule has 0 saturated heterocycles. The highest BCUT2D eigenvalue weighted by Crippen LogP contribution is 2.34. The van der Waals surface area contributed by atoms with Crippen LogP contribution >= 0.6 is 0 Å². The number of unbranched alkanes of at least 4 members (excludes halogenated alkanes) is 1. The van der Waals surface area contributed by atoms with Crippen molar-refractivity contribution >= 4 is 39.6 Å². The fraction of sp³-hybridized carbons (Fsp3) is 0.219. The van der Waals surface area contributed by atoms with Crippen LogP contribution in [0, 0.1) is 10.1 Å². The third kappa shape index (κ3) is 5.59. The maximum Gasteiger partial charge on any atom is 0.269 e. The number of hydrogen-bond donors (Lipinski definition) is 0. The molecule has 0 N–H and O–H groups in total. The number of pyridine rings is 1. The fourth-order valence-corrected chi connectivity index (χ4v) is 4.80. The largest absolute Gasteiger partial charge is 0.494 e. The number of ether oxygens (including phenoxy) is 1. The van der Waals surface area contributed by atoms with Crippen molar-refractivity contribution in [2.24, 2.45) is 0 Å². The van der Waals surface area contributed by atoms with Crippen LogP contribution in [0.4, 0.5) is 5.69 Å². The molecule has 0 aliphatic rings. The molecule has 5 rings (SSSR count). The number of rotatable bonds is 11. The van der Waals surface area contributed by atoms with Gasteiger partial charge < -0.3 is 9.30 Å². The van der Waals surface area contributed by atoms with E-state index in [4.69, 9.17) is 9.72 Å². The summed E-state index contributed by atoms with van der Waals surface area (Å²) in [5, 5.41) is 13.3. The molecule has 0 atom stereocenters. The number of aromatic nitrogens is 2. The number of benzene rings is 3. The van der Waals surface area contributed by atoms with E-state index in [-0.39, 0.29) is 10.6 Å². The Morgan fingerprint density at radius 2 is 1.76 bits per heavy atom. The molecule has 6 heteroatoms. The highest BCUT2D eigenvalue weighted by atomic mass is 16.6. The van der Waals surface area contributed by atoms with Gasteiger partial charge in [-0.3, -0.25) is 15.1 Å². The smallest absolute Gasteiger partial charge is 0.269 e. The van der Waals surface area contributed by atoms with Crippen LogP contribution < -0.4 is 4.74 Å². The zero-order valence-electron chi connectivity index (χ0n) is 21.5. The van der Waals surface area contributed by atoms with E-state index in [2.05, 4.69) is 60.0 Å². The number of non-ortho nitro benzene ring substituents is 1. The maximum atomic E-state index is 11.0. The van der Waals surface area contributed by atoms with Gasteiger partial charge in [-0.1, -0.05) is 49.8 Å². The molecule has 0 bridgehead atoms. The average molecular weight is 506 g/mol. The first-order valence-corrected chi connectivity index (χ1v) is 13.1. The average Bonchev–Trinajstić information content (AvgIpc) is 3.26. The predicted molar refractivity (Wildman–Crippen MR) is 154 cm³/mol. The SMILES string of the molecule is CCCCOc1ccc2c3ccnc(/C=C/c4ccc([N+](=O)[O-])cc4)c3n(CCCc3ccccc3)c2c1. The molecule has 0 unspecified atom stereocenters. The minimum atomic E-state index is -0.385. The van der Waals surface area contributed by atoms with E-state index >= 15 is 0 Å². The van der Waals surface area contributed by atoms with E-state index in [1.807, 2.05) is 24.4 Å². The summed E-state index contributed by atoms with van der Waals surface area (Å²) in [5.74, 6) is 0.883. The lowest BCUT2D eigenvalue weighted by Crippen LogP contribution is -2.02. The molecular formula is C32H31N3O3. The summed E-state index contributed by atoms with van der Waals surface area (Å²) in [6.07, 6.45) is 9.90. The number of nitrogens with zero attached hydrogens (tertiary/aromatic N) is 3. The lowest BCUT2D eigenvalue weighted by atomic mass is 10.1.